The zero-order chi connectivity index (χ0) is 16.4. The SMILES string of the molecule is Clc1nccnc1O[C@@H]1CCCN(c2ccc3ccccc3n2)C1. The topological polar surface area (TPSA) is 51.1 Å². The van der Waals surface area contributed by atoms with Crippen LogP contribution in [0.1, 0.15) is 12.8 Å². The molecule has 0 N–H and O–H groups in total. The summed E-state index contributed by atoms with van der Waals surface area (Å²) in [5.41, 5.74) is 1.01. The van der Waals surface area contributed by atoms with Crippen LogP contribution in [0.4, 0.5) is 5.82 Å². The number of hydrogen-bond acceptors (Lipinski definition) is 5. The van der Waals surface area contributed by atoms with Crippen molar-refractivity contribution in [2.24, 2.45) is 0 Å². The second-order valence-corrected chi connectivity index (χ2v) is 6.20. The molecule has 2 aromatic heterocycles. The summed E-state index contributed by atoms with van der Waals surface area (Å²) < 4.78 is 5.95. The van der Waals surface area contributed by atoms with Crippen molar-refractivity contribution in [1.29, 1.82) is 0 Å². The first-order valence-electron chi connectivity index (χ1n) is 8.03. The van der Waals surface area contributed by atoms with Crippen molar-refractivity contribution in [3.05, 3.63) is 53.9 Å². The highest BCUT2D eigenvalue weighted by Gasteiger charge is 2.23. The summed E-state index contributed by atoms with van der Waals surface area (Å²) >= 11 is 6.04. The molecule has 3 aromatic rings. The van der Waals surface area contributed by atoms with E-state index >= 15 is 0 Å². The fraction of sp³-hybridized carbons (Fsp3) is 0.278. The molecule has 0 spiro atoms. The third-order valence-electron chi connectivity index (χ3n) is 4.19. The summed E-state index contributed by atoms with van der Waals surface area (Å²) in [6.07, 6.45) is 5.18. The van der Waals surface area contributed by atoms with E-state index in [1.54, 1.807) is 12.4 Å². The molecule has 4 rings (SSSR count). The molecule has 1 aliphatic heterocycles. The fourth-order valence-corrected chi connectivity index (χ4v) is 3.17. The maximum absolute atomic E-state index is 6.04. The van der Waals surface area contributed by atoms with Gasteiger partial charge in [0.2, 0.25) is 0 Å². The van der Waals surface area contributed by atoms with E-state index in [2.05, 4.69) is 33.1 Å². The molecule has 6 heteroatoms. The summed E-state index contributed by atoms with van der Waals surface area (Å²) in [4.78, 5) is 15.2. The highest BCUT2D eigenvalue weighted by Crippen LogP contribution is 2.25. The van der Waals surface area contributed by atoms with Gasteiger partial charge in [-0.2, -0.15) is 0 Å². The number of anilines is 1. The van der Waals surface area contributed by atoms with Crippen molar-refractivity contribution >= 4 is 28.3 Å². The Bertz CT molecular complexity index is 857. The highest BCUT2D eigenvalue weighted by atomic mass is 35.5. The Morgan fingerprint density at radius 1 is 1.08 bits per heavy atom. The van der Waals surface area contributed by atoms with Crippen LogP contribution in [-0.2, 0) is 0 Å². The molecule has 1 aromatic carbocycles. The maximum Gasteiger partial charge on any atom is 0.252 e. The minimum absolute atomic E-state index is 0.0289. The van der Waals surface area contributed by atoms with Crippen molar-refractivity contribution in [3.8, 4) is 5.88 Å². The lowest BCUT2D eigenvalue weighted by atomic mass is 10.1. The molecule has 1 atom stereocenters. The molecule has 1 fully saturated rings. The Labute approximate surface area is 145 Å². The molecule has 122 valence electrons. The number of hydrogen-bond donors (Lipinski definition) is 0. The number of para-hydroxylation sites is 1. The first-order valence-corrected chi connectivity index (χ1v) is 8.41. The quantitative estimate of drug-likeness (QED) is 0.727. The van der Waals surface area contributed by atoms with Crippen LogP contribution in [0.5, 0.6) is 5.88 Å². The van der Waals surface area contributed by atoms with E-state index in [-0.39, 0.29) is 6.10 Å². The molecule has 0 unspecified atom stereocenters. The van der Waals surface area contributed by atoms with Crippen molar-refractivity contribution in [1.82, 2.24) is 15.0 Å². The lowest BCUT2D eigenvalue weighted by Gasteiger charge is -2.33. The van der Waals surface area contributed by atoms with E-state index in [9.17, 15) is 0 Å². The molecule has 0 aliphatic carbocycles. The zero-order valence-electron chi connectivity index (χ0n) is 13.1. The van der Waals surface area contributed by atoms with Gasteiger partial charge in [-0.1, -0.05) is 29.8 Å². The normalized spacial score (nSPS) is 17.9. The third-order valence-corrected chi connectivity index (χ3v) is 4.45. The van der Waals surface area contributed by atoms with Crippen LogP contribution in [-0.4, -0.2) is 34.1 Å². The zero-order valence-corrected chi connectivity index (χ0v) is 13.9. The van der Waals surface area contributed by atoms with Crippen molar-refractivity contribution in [3.63, 3.8) is 0 Å². The van der Waals surface area contributed by atoms with E-state index in [0.29, 0.717) is 11.0 Å². The van der Waals surface area contributed by atoms with E-state index < -0.39 is 0 Å². The maximum atomic E-state index is 6.04. The van der Waals surface area contributed by atoms with E-state index in [1.165, 1.54) is 0 Å². The summed E-state index contributed by atoms with van der Waals surface area (Å²) in [5, 5.41) is 1.45. The van der Waals surface area contributed by atoms with Gasteiger partial charge < -0.3 is 9.64 Å². The molecular weight excluding hydrogens is 324 g/mol. The molecule has 5 nitrogen and oxygen atoms in total. The summed E-state index contributed by atoms with van der Waals surface area (Å²) in [5.74, 6) is 1.38. The van der Waals surface area contributed by atoms with E-state index in [4.69, 9.17) is 21.3 Å². The minimum atomic E-state index is 0.0289. The Kier molecular flexibility index (Phi) is 4.17. The number of ether oxygens (including phenoxy) is 1. The van der Waals surface area contributed by atoms with Crippen molar-refractivity contribution in [2.45, 2.75) is 18.9 Å². The smallest absolute Gasteiger partial charge is 0.252 e. The molecule has 0 amide bonds. The predicted molar refractivity (Wildman–Crippen MR) is 94.6 cm³/mol. The van der Waals surface area contributed by atoms with Gasteiger partial charge in [-0.25, -0.2) is 15.0 Å². The van der Waals surface area contributed by atoms with Gasteiger partial charge in [-0.05, 0) is 31.0 Å². The second kappa shape index (κ2) is 6.61. The molecule has 3 heterocycles. The van der Waals surface area contributed by atoms with E-state index in [0.717, 1.165) is 42.7 Å². The van der Waals surface area contributed by atoms with Crippen LogP contribution in [0.2, 0.25) is 5.15 Å². The van der Waals surface area contributed by atoms with Crippen LogP contribution >= 0.6 is 11.6 Å². The number of nitrogens with zero attached hydrogens (tertiary/aromatic N) is 4. The Balaban J connectivity index is 1.52. The number of piperidine rings is 1. The third kappa shape index (κ3) is 3.12. The first-order chi connectivity index (χ1) is 11.8. The molecule has 1 saturated heterocycles. The Hall–Kier alpha value is -2.40. The first kappa shape index (κ1) is 15.1. The summed E-state index contributed by atoms with van der Waals surface area (Å²) in [7, 11) is 0. The van der Waals surface area contributed by atoms with Gasteiger partial charge in [-0.3, -0.25) is 0 Å². The van der Waals surface area contributed by atoms with Crippen molar-refractivity contribution in [2.75, 3.05) is 18.0 Å². The molecule has 24 heavy (non-hydrogen) atoms. The van der Waals surface area contributed by atoms with Gasteiger partial charge in [0, 0.05) is 24.3 Å². The second-order valence-electron chi connectivity index (χ2n) is 5.84. The average Bonchev–Trinajstić information content (AvgIpc) is 2.63. The number of halogens is 1. The Morgan fingerprint density at radius 3 is 2.88 bits per heavy atom. The molecule has 0 radical (unpaired) electrons. The predicted octanol–water partition coefficient (Wildman–Crippen LogP) is 3.73. The number of pyridine rings is 1. The number of benzene rings is 1. The van der Waals surface area contributed by atoms with Gasteiger partial charge in [0.25, 0.3) is 5.88 Å². The van der Waals surface area contributed by atoms with Crippen LogP contribution in [0, 0.1) is 0 Å². The average molecular weight is 341 g/mol. The number of rotatable bonds is 3. The lowest BCUT2D eigenvalue weighted by Crippen LogP contribution is -2.41. The molecule has 0 bridgehead atoms. The van der Waals surface area contributed by atoms with Crippen molar-refractivity contribution < 1.29 is 4.74 Å². The molecule has 1 aliphatic rings. The molecule has 0 saturated carbocycles. The fourth-order valence-electron chi connectivity index (χ4n) is 3.02. The monoisotopic (exact) mass is 340 g/mol. The number of aromatic nitrogens is 3. The highest BCUT2D eigenvalue weighted by molar-refractivity contribution is 6.30. The van der Waals surface area contributed by atoms with Gasteiger partial charge >= 0.3 is 0 Å². The lowest BCUT2D eigenvalue weighted by molar-refractivity contribution is 0.171. The standard InChI is InChI=1S/C18H17ClN4O/c19-17-18(21-10-9-20-17)24-14-5-3-11-23(12-14)16-8-7-13-4-1-2-6-15(13)22-16/h1-2,4,6-10,14H,3,5,11-12H2/t14-/m1/s1. The Morgan fingerprint density at radius 2 is 1.96 bits per heavy atom. The summed E-state index contributed by atoms with van der Waals surface area (Å²) in [6, 6.07) is 12.3. The van der Waals surface area contributed by atoms with E-state index in [1.807, 2.05) is 18.2 Å². The van der Waals surface area contributed by atoms with Crippen LogP contribution in [0.25, 0.3) is 10.9 Å². The van der Waals surface area contributed by atoms with Gasteiger partial charge in [0.1, 0.15) is 11.9 Å². The minimum Gasteiger partial charge on any atom is -0.470 e. The van der Waals surface area contributed by atoms with Gasteiger partial charge in [0.15, 0.2) is 5.15 Å². The van der Waals surface area contributed by atoms with Crippen LogP contribution in [0.15, 0.2) is 48.8 Å². The van der Waals surface area contributed by atoms with Crippen LogP contribution in [0.3, 0.4) is 0 Å². The summed E-state index contributed by atoms with van der Waals surface area (Å²) in [6.45, 7) is 1.73. The van der Waals surface area contributed by atoms with Gasteiger partial charge in [-0.15, -0.1) is 0 Å². The number of fused-ring (bicyclic) bond motifs is 1. The largest absolute Gasteiger partial charge is 0.470 e. The van der Waals surface area contributed by atoms with Crippen LogP contribution < -0.4 is 9.64 Å². The van der Waals surface area contributed by atoms with Gasteiger partial charge in [0.05, 0.1) is 12.1 Å². The molecular formula is C18H17ClN4O.